The quantitative estimate of drug-likeness (QED) is 0.249. The van der Waals surface area contributed by atoms with Gasteiger partial charge in [-0.05, 0) is 25.8 Å². The van der Waals surface area contributed by atoms with Gasteiger partial charge in [0.15, 0.2) is 5.75 Å². The summed E-state index contributed by atoms with van der Waals surface area (Å²) in [5.41, 5.74) is 1.03. The Bertz CT molecular complexity index is 1430. The predicted molar refractivity (Wildman–Crippen MR) is 181 cm³/mol. The highest BCUT2D eigenvalue weighted by molar-refractivity contribution is 6.13. The van der Waals surface area contributed by atoms with Crippen LogP contribution in [-0.4, -0.2) is 57.6 Å². The molecule has 1 aliphatic rings. The van der Waals surface area contributed by atoms with E-state index in [9.17, 15) is 28.8 Å². The molecule has 3 rings (SSSR count). The molecule has 1 aromatic carbocycles. The molecule has 2 heterocycles. The van der Waals surface area contributed by atoms with Crippen LogP contribution in [0.4, 0.5) is 0 Å². The summed E-state index contributed by atoms with van der Waals surface area (Å²) in [6.45, 7) is 13.7. The van der Waals surface area contributed by atoms with Crippen LogP contribution in [0.1, 0.15) is 84.2 Å². The third kappa shape index (κ3) is 12.9. The molecular formula is C35H51N5O7. The van der Waals surface area contributed by atoms with E-state index in [0.717, 1.165) is 22.6 Å². The minimum absolute atomic E-state index is 0.00645. The molecular weight excluding hydrogens is 602 g/mol. The van der Waals surface area contributed by atoms with Gasteiger partial charge in [-0.25, -0.2) is 0 Å². The van der Waals surface area contributed by atoms with Crippen molar-refractivity contribution in [1.29, 1.82) is 0 Å². The minimum atomic E-state index is -0.847. The lowest BCUT2D eigenvalue weighted by atomic mass is 9.93. The molecule has 0 aliphatic carbocycles. The van der Waals surface area contributed by atoms with E-state index in [2.05, 4.69) is 16.0 Å². The second-order valence-electron chi connectivity index (χ2n) is 10.7. The topological polar surface area (TPSA) is 156 Å². The number of amides is 5. The van der Waals surface area contributed by atoms with E-state index in [4.69, 9.17) is 4.74 Å². The van der Waals surface area contributed by atoms with Gasteiger partial charge in [-0.3, -0.25) is 33.7 Å². The zero-order chi connectivity index (χ0) is 35.6. The Balaban J connectivity index is 0.00000265. The summed E-state index contributed by atoms with van der Waals surface area (Å²) in [6, 6.07) is 10.9. The first-order chi connectivity index (χ1) is 22.4. The summed E-state index contributed by atoms with van der Waals surface area (Å²) in [7, 11) is 1.80. The van der Waals surface area contributed by atoms with Crippen molar-refractivity contribution < 1.29 is 28.7 Å². The third-order valence-electron chi connectivity index (χ3n) is 7.35. The van der Waals surface area contributed by atoms with E-state index in [0.29, 0.717) is 17.8 Å². The van der Waals surface area contributed by atoms with Crippen molar-refractivity contribution in [3.05, 3.63) is 75.7 Å². The molecule has 0 fully saturated rings. The summed E-state index contributed by atoms with van der Waals surface area (Å²) in [6.07, 6.45) is 2.68. The van der Waals surface area contributed by atoms with Gasteiger partial charge >= 0.3 is 0 Å². The van der Waals surface area contributed by atoms with E-state index in [1.807, 2.05) is 65.0 Å². The number of nitrogens with zero attached hydrogens (tertiary/aromatic N) is 2. The zero-order valence-corrected chi connectivity index (χ0v) is 29.0. The van der Waals surface area contributed by atoms with Crippen molar-refractivity contribution in [3.63, 3.8) is 0 Å². The molecule has 0 saturated heterocycles. The number of ether oxygens (including phenoxy) is 1. The maximum Gasteiger partial charge on any atom is 0.253 e. The van der Waals surface area contributed by atoms with Crippen molar-refractivity contribution in [3.8, 4) is 5.75 Å². The molecule has 1 atom stereocenters. The monoisotopic (exact) mass is 653 g/mol. The van der Waals surface area contributed by atoms with Crippen LogP contribution >= 0.6 is 0 Å². The van der Waals surface area contributed by atoms with Crippen molar-refractivity contribution in [2.45, 2.75) is 92.8 Å². The molecule has 12 heteroatoms. The van der Waals surface area contributed by atoms with Gasteiger partial charge in [0.05, 0.1) is 12.2 Å². The van der Waals surface area contributed by atoms with E-state index in [1.165, 1.54) is 6.07 Å². The van der Waals surface area contributed by atoms with Gasteiger partial charge in [0, 0.05) is 68.9 Å². The van der Waals surface area contributed by atoms with Gasteiger partial charge < -0.3 is 25.3 Å². The maximum absolute atomic E-state index is 13.0. The van der Waals surface area contributed by atoms with E-state index >= 15 is 0 Å². The first-order valence-electron chi connectivity index (χ1n) is 16.2. The van der Waals surface area contributed by atoms with Crippen molar-refractivity contribution in [2.24, 2.45) is 7.05 Å². The number of hydrogen-bond donors (Lipinski definition) is 3. The summed E-state index contributed by atoms with van der Waals surface area (Å²) < 4.78 is 7.70. The number of carbonyl (C=O) groups is 5. The Morgan fingerprint density at radius 3 is 2.09 bits per heavy atom. The van der Waals surface area contributed by atoms with E-state index in [1.54, 1.807) is 25.5 Å². The van der Waals surface area contributed by atoms with Crippen molar-refractivity contribution in [2.75, 3.05) is 13.1 Å². The van der Waals surface area contributed by atoms with Crippen LogP contribution in [0.2, 0.25) is 0 Å². The average Bonchev–Trinajstić information content (AvgIpc) is 3.38. The van der Waals surface area contributed by atoms with Crippen LogP contribution in [0, 0.1) is 6.92 Å². The van der Waals surface area contributed by atoms with E-state index in [-0.39, 0.29) is 68.5 Å². The number of benzene rings is 1. The molecule has 1 unspecified atom stereocenters. The van der Waals surface area contributed by atoms with Crippen LogP contribution < -0.4 is 26.1 Å². The molecule has 258 valence electrons. The summed E-state index contributed by atoms with van der Waals surface area (Å²) in [5, 5.41) is 8.33. The molecule has 0 bridgehead atoms. The molecule has 3 N–H and O–H groups in total. The fourth-order valence-corrected chi connectivity index (χ4v) is 4.47. The van der Waals surface area contributed by atoms with Gasteiger partial charge in [-0.2, -0.15) is 0 Å². The fourth-order valence-electron chi connectivity index (χ4n) is 4.47. The first kappa shape index (κ1) is 40.3. The number of hydrogen-bond acceptors (Lipinski definition) is 7. The molecule has 2 aromatic rings. The largest absolute Gasteiger partial charge is 0.483 e. The molecule has 1 aliphatic heterocycles. The molecule has 12 nitrogen and oxygen atoms in total. The summed E-state index contributed by atoms with van der Waals surface area (Å²) >= 11 is 0. The SMILES string of the molecule is CC.CC.CCC(C)(CC(=O)NCc1c(OCc2ccccc2)c(=O)cc(C)n1C)NC(=O)CCNC(=O)CCN1C(=O)C=CC1=O. The molecule has 5 amide bonds. The summed E-state index contributed by atoms with van der Waals surface area (Å²) in [4.78, 5) is 74.5. The smallest absolute Gasteiger partial charge is 0.253 e. The standard InChI is InChI=1S/C31H39N5O7.2C2H6/c1-5-31(3,34-26(39)13-15-32-25(38)14-16-36-28(41)11-12-29(36)42)18-27(40)33-19-23-30(24(37)17-21(2)35(23)4)43-20-22-9-7-6-8-10-22;2*1-2/h6-12,17H,5,13-16,18-20H2,1-4H3,(H,32,38)(H,33,40)(H,34,39);2*1-2H3. The number of aromatic nitrogens is 1. The minimum Gasteiger partial charge on any atom is -0.483 e. The lowest BCUT2D eigenvalue weighted by Crippen LogP contribution is -2.49. The van der Waals surface area contributed by atoms with Gasteiger partial charge in [0.25, 0.3) is 11.8 Å². The number of rotatable bonds is 15. The molecule has 0 saturated carbocycles. The fraction of sp³-hybridized carbons (Fsp3) is 0.486. The molecule has 0 spiro atoms. The van der Waals surface area contributed by atoms with Crippen LogP contribution in [0.3, 0.4) is 0 Å². The predicted octanol–water partition coefficient (Wildman–Crippen LogP) is 3.44. The maximum atomic E-state index is 13.0. The average molecular weight is 654 g/mol. The first-order valence-corrected chi connectivity index (χ1v) is 16.2. The molecule has 1 aromatic heterocycles. The van der Waals surface area contributed by atoms with Crippen LogP contribution in [0.5, 0.6) is 5.75 Å². The van der Waals surface area contributed by atoms with Gasteiger partial charge in [0.2, 0.25) is 23.2 Å². The third-order valence-corrected chi connectivity index (χ3v) is 7.35. The van der Waals surface area contributed by atoms with Crippen LogP contribution in [0.25, 0.3) is 0 Å². The lowest BCUT2D eigenvalue weighted by molar-refractivity contribution is -0.137. The number of aryl methyl sites for hydroxylation is 1. The molecule has 47 heavy (non-hydrogen) atoms. The zero-order valence-electron chi connectivity index (χ0n) is 29.0. The number of nitrogens with one attached hydrogen (secondary N) is 3. The van der Waals surface area contributed by atoms with Gasteiger partial charge in [-0.1, -0.05) is 65.0 Å². The highest BCUT2D eigenvalue weighted by Gasteiger charge is 2.28. The molecule has 0 radical (unpaired) electrons. The van der Waals surface area contributed by atoms with Crippen molar-refractivity contribution in [1.82, 2.24) is 25.4 Å². The van der Waals surface area contributed by atoms with E-state index < -0.39 is 23.3 Å². The normalized spacial score (nSPS) is 13.0. The Hall–Kier alpha value is -4.74. The number of pyridine rings is 1. The van der Waals surface area contributed by atoms with Crippen LogP contribution in [-0.2, 0) is 44.2 Å². The van der Waals surface area contributed by atoms with Crippen LogP contribution in [0.15, 0.2) is 53.3 Å². The lowest BCUT2D eigenvalue weighted by Gasteiger charge is -2.29. The Kier molecular flexibility index (Phi) is 17.5. The highest BCUT2D eigenvalue weighted by Crippen LogP contribution is 2.18. The second kappa shape index (κ2) is 20.4. The number of imide groups is 1. The Morgan fingerprint density at radius 2 is 1.49 bits per heavy atom. The van der Waals surface area contributed by atoms with Gasteiger partial charge in [-0.15, -0.1) is 0 Å². The second-order valence-corrected chi connectivity index (χ2v) is 10.7. The summed E-state index contributed by atoms with van der Waals surface area (Å²) in [5.74, 6) is -1.80. The Labute approximate surface area is 277 Å². The van der Waals surface area contributed by atoms with Crippen molar-refractivity contribution >= 4 is 29.5 Å². The Morgan fingerprint density at radius 1 is 0.872 bits per heavy atom. The highest BCUT2D eigenvalue weighted by atomic mass is 16.5. The number of carbonyl (C=O) groups excluding carboxylic acids is 5. The van der Waals surface area contributed by atoms with Gasteiger partial charge in [0.1, 0.15) is 6.61 Å².